The highest BCUT2D eigenvalue weighted by Gasteiger charge is 2.44. The molecule has 3 heteroatoms. The van der Waals surface area contributed by atoms with E-state index in [4.69, 9.17) is 5.73 Å². The summed E-state index contributed by atoms with van der Waals surface area (Å²) in [6, 6.07) is 7.49. The molecule has 0 amide bonds. The fourth-order valence-corrected chi connectivity index (χ4v) is 2.69. The number of hydrogen-bond donors (Lipinski definition) is 1. The molecule has 0 heterocycles. The molecule has 1 aromatic rings. The van der Waals surface area contributed by atoms with Crippen molar-refractivity contribution in [3.63, 3.8) is 0 Å². The first-order valence-electron chi connectivity index (χ1n) is 5.28. The molecule has 0 saturated heterocycles. The summed E-state index contributed by atoms with van der Waals surface area (Å²) in [5.74, 6) is 0. The number of hydrogen-bond acceptors (Lipinski definition) is 1. The van der Waals surface area contributed by atoms with Crippen LogP contribution in [0.5, 0.6) is 0 Å². The second kappa shape index (κ2) is 4.22. The van der Waals surface area contributed by atoms with Crippen LogP contribution in [0.2, 0.25) is 0 Å². The van der Waals surface area contributed by atoms with E-state index in [1.807, 2.05) is 24.3 Å². The summed E-state index contributed by atoms with van der Waals surface area (Å²) >= 11 is 3.39. The Bertz CT molecular complexity index is 344. The van der Waals surface area contributed by atoms with Gasteiger partial charge in [0.05, 0.1) is 0 Å². The average molecular weight is 272 g/mol. The number of halogens is 2. The van der Waals surface area contributed by atoms with Crippen molar-refractivity contribution in [1.82, 2.24) is 0 Å². The molecular weight excluding hydrogens is 257 g/mol. The van der Waals surface area contributed by atoms with Gasteiger partial charge in [-0.15, -0.1) is 0 Å². The predicted molar refractivity (Wildman–Crippen MR) is 63.3 cm³/mol. The SMILES string of the molecule is NCC1(C(F)c2ccccc2Br)CCC1. The number of nitrogens with two attached hydrogens (primary N) is 1. The van der Waals surface area contributed by atoms with Crippen molar-refractivity contribution in [2.75, 3.05) is 6.54 Å². The highest BCUT2D eigenvalue weighted by atomic mass is 79.9. The molecule has 2 N–H and O–H groups in total. The highest BCUT2D eigenvalue weighted by molar-refractivity contribution is 9.10. The van der Waals surface area contributed by atoms with Crippen LogP contribution < -0.4 is 5.73 Å². The molecule has 1 unspecified atom stereocenters. The van der Waals surface area contributed by atoms with Gasteiger partial charge in [0.15, 0.2) is 0 Å². The predicted octanol–water partition coefficient (Wildman–Crippen LogP) is 3.59. The standard InChI is InChI=1S/C12H15BrFN/c13-10-5-2-1-4-9(10)11(14)12(8-15)6-3-7-12/h1-2,4-5,11H,3,6-8,15H2. The fourth-order valence-electron chi connectivity index (χ4n) is 2.20. The van der Waals surface area contributed by atoms with Gasteiger partial charge in [-0.2, -0.15) is 0 Å². The van der Waals surface area contributed by atoms with Crippen LogP contribution in [-0.2, 0) is 0 Å². The Morgan fingerprint density at radius 3 is 2.53 bits per heavy atom. The molecule has 15 heavy (non-hydrogen) atoms. The minimum Gasteiger partial charge on any atom is -0.330 e. The van der Waals surface area contributed by atoms with E-state index < -0.39 is 6.17 Å². The molecule has 2 rings (SSSR count). The van der Waals surface area contributed by atoms with Gasteiger partial charge in [0, 0.05) is 22.0 Å². The van der Waals surface area contributed by atoms with E-state index in [2.05, 4.69) is 15.9 Å². The summed E-state index contributed by atoms with van der Waals surface area (Å²) in [7, 11) is 0. The summed E-state index contributed by atoms with van der Waals surface area (Å²) in [5, 5.41) is 0. The van der Waals surface area contributed by atoms with Crippen molar-refractivity contribution in [3.8, 4) is 0 Å². The van der Waals surface area contributed by atoms with E-state index in [1.165, 1.54) is 0 Å². The van der Waals surface area contributed by atoms with E-state index in [0.717, 1.165) is 29.3 Å². The summed E-state index contributed by atoms with van der Waals surface area (Å²) in [5.41, 5.74) is 6.14. The summed E-state index contributed by atoms with van der Waals surface area (Å²) < 4.78 is 15.2. The molecular formula is C12H15BrFN. The Morgan fingerprint density at radius 2 is 2.07 bits per heavy atom. The summed E-state index contributed by atoms with van der Waals surface area (Å²) in [6.07, 6.45) is 1.98. The lowest BCUT2D eigenvalue weighted by atomic mass is 9.64. The Balaban J connectivity index is 2.27. The lowest BCUT2D eigenvalue weighted by Crippen LogP contribution is -2.41. The molecule has 0 spiro atoms. The Labute approximate surface area is 98.0 Å². The van der Waals surface area contributed by atoms with Gasteiger partial charge in [0.25, 0.3) is 0 Å². The molecule has 1 nitrogen and oxygen atoms in total. The maximum atomic E-state index is 14.4. The first-order valence-corrected chi connectivity index (χ1v) is 6.07. The van der Waals surface area contributed by atoms with Gasteiger partial charge in [0.2, 0.25) is 0 Å². The number of alkyl halides is 1. The highest BCUT2D eigenvalue weighted by Crippen LogP contribution is 2.52. The molecule has 1 saturated carbocycles. The van der Waals surface area contributed by atoms with Gasteiger partial charge in [-0.05, 0) is 18.9 Å². The van der Waals surface area contributed by atoms with Gasteiger partial charge >= 0.3 is 0 Å². The van der Waals surface area contributed by atoms with E-state index in [9.17, 15) is 4.39 Å². The van der Waals surface area contributed by atoms with Crippen LogP contribution in [0.15, 0.2) is 28.7 Å². The van der Waals surface area contributed by atoms with Gasteiger partial charge in [-0.3, -0.25) is 0 Å². The van der Waals surface area contributed by atoms with Crippen molar-refractivity contribution in [3.05, 3.63) is 34.3 Å². The summed E-state index contributed by atoms with van der Waals surface area (Å²) in [6.45, 7) is 0.440. The quantitative estimate of drug-likeness (QED) is 0.894. The Kier molecular flexibility index (Phi) is 3.12. The zero-order chi connectivity index (χ0) is 10.9. The molecule has 0 bridgehead atoms. The first-order chi connectivity index (χ1) is 7.19. The van der Waals surface area contributed by atoms with E-state index in [1.54, 1.807) is 0 Å². The fraction of sp³-hybridized carbons (Fsp3) is 0.500. The van der Waals surface area contributed by atoms with Crippen LogP contribution >= 0.6 is 15.9 Å². The van der Waals surface area contributed by atoms with Crippen molar-refractivity contribution in [2.24, 2.45) is 11.1 Å². The third-order valence-electron chi connectivity index (χ3n) is 3.47. The number of benzene rings is 1. The number of rotatable bonds is 3. The molecule has 1 aromatic carbocycles. The molecule has 1 fully saturated rings. The van der Waals surface area contributed by atoms with Crippen LogP contribution in [0.3, 0.4) is 0 Å². The zero-order valence-electron chi connectivity index (χ0n) is 8.55. The maximum Gasteiger partial charge on any atom is 0.133 e. The van der Waals surface area contributed by atoms with Gasteiger partial charge < -0.3 is 5.73 Å². The molecule has 0 radical (unpaired) electrons. The van der Waals surface area contributed by atoms with Crippen LogP contribution in [0.1, 0.15) is 31.0 Å². The minimum absolute atomic E-state index is 0.302. The van der Waals surface area contributed by atoms with Crippen molar-refractivity contribution >= 4 is 15.9 Å². The third kappa shape index (κ3) is 1.83. The molecule has 82 valence electrons. The molecule has 1 aliphatic carbocycles. The van der Waals surface area contributed by atoms with E-state index in [0.29, 0.717) is 6.54 Å². The van der Waals surface area contributed by atoms with Crippen LogP contribution in [0.25, 0.3) is 0 Å². The molecule has 0 aromatic heterocycles. The molecule has 1 aliphatic rings. The Hall–Kier alpha value is -0.410. The second-order valence-electron chi connectivity index (χ2n) is 4.30. The lowest BCUT2D eigenvalue weighted by molar-refractivity contribution is 0.0280. The molecule has 1 atom stereocenters. The zero-order valence-corrected chi connectivity index (χ0v) is 10.1. The van der Waals surface area contributed by atoms with Crippen LogP contribution in [0, 0.1) is 5.41 Å². The topological polar surface area (TPSA) is 26.0 Å². The van der Waals surface area contributed by atoms with Gasteiger partial charge in [0.1, 0.15) is 6.17 Å². The second-order valence-corrected chi connectivity index (χ2v) is 5.16. The van der Waals surface area contributed by atoms with Gasteiger partial charge in [-0.25, -0.2) is 4.39 Å². The van der Waals surface area contributed by atoms with E-state index in [-0.39, 0.29) is 5.41 Å². The van der Waals surface area contributed by atoms with Crippen molar-refractivity contribution in [1.29, 1.82) is 0 Å². The smallest absolute Gasteiger partial charge is 0.133 e. The first kappa shape index (κ1) is 11.1. The monoisotopic (exact) mass is 271 g/mol. The van der Waals surface area contributed by atoms with Crippen molar-refractivity contribution < 1.29 is 4.39 Å². The lowest BCUT2D eigenvalue weighted by Gasteiger charge is -2.43. The average Bonchev–Trinajstić information content (AvgIpc) is 2.17. The maximum absolute atomic E-state index is 14.4. The third-order valence-corrected chi connectivity index (χ3v) is 4.19. The largest absolute Gasteiger partial charge is 0.330 e. The molecule has 0 aliphatic heterocycles. The van der Waals surface area contributed by atoms with E-state index >= 15 is 0 Å². The normalized spacial score (nSPS) is 20.7. The van der Waals surface area contributed by atoms with Crippen LogP contribution in [0.4, 0.5) is 4.39 Å². The Morgan fingerprint density at radius 1 is 1.40 bits per heavy atom. The summed E-state index contributed by atoms with van der Waals surface area (Å²) in [4.78, 5) is 0. The van der Waals surface area contributed by atoms with Crippen LogP contribution in [-0.4, -0.2) is 6.54 Å². The van der Waals surface area contributed by atoms with Gasteiger partial charge in [-0.1, -0.05) is 40.5 Å². The van der Waals surface area contributed by atoms with Crippen molar-refractivity contribution in [2.45, 2.75) is 25.4 Å². The minimum atomic E-state index is -0.938.